The van der Waals surface area contributed by atoms with E-state index < -0.39 is 17.4 Å². The van der Waals surface area contributed by atoms with Gasteiger partial charge in [-0.25, -0.2) is 14.0 Å². The number of carbonyl (C=O) groups is 2. The molecule has 1 saturated heterocycles. The molecule has 1 atom stereocenters. The molecule has 2 heterocycles. The zero-order valence-corrected chi connectivity index (χ0v) is 20.9. The number of nitrogens with zero attached hydrogens (tertiary/aromatic N) is 3. The Balaban J connectivity index is 1.62. The Morgan fingerprint density at radius 3 is 2.60 bits per heavy atom. The van der Waals surface area contributed by atoms with Crippen molar-refractivity contribution in [1.29, 1.82) is 0 Å². The number of piperazine rings is 1. The van der Waals surface area contributed by atoms with E-state index in [0.717, 1.165) is 11.3 Å². The summed E-state index contributed by atoms with van der Waals surface area (Å²) in [5.41, 5.74) is 1.68. The molecule has 2 N–H and O–H groups in total. The van der Waals surface area contributed by atoms with Gasteiger partial charge in [0.05, 0.1) is 30.2 Å². The molecule has 1 fully saturated rings. The minimum Gasteiger partial charge on any atom is -0.444 e. The molecule has 0 aliphatic carbocycles. The molecule has 3 rings (SSSR count). The van der Waals surface area contributed by atoms with Crippen LogP contribution >= 0.6 is 0 Å². The van der Waals surface area contributed by atoms with E-state index in [-0.39, 0.29) is 17.8 Å². The predicted octanol–water partition coefficient (Wildman–Crippen LogP) is 4.24. The molecule has 1 aliphatic rings. The van der Waals surface area contributed by atoms with Gasteiger partial charge in [-0.2, -0.15) is 0 Å². The highest BCUT2D eigenvalue weighted by Crippen LogP contribution is 2.21. The second-order valence-electron chi connectivity index (χ2n) is 9.60. The first kappa shape index (κ1) is 26.4. The molecule has 0 spiro atoms. The van der Waals surface area contributed by atoms with Gasteiger partial charge in [0.1, 0.15) is 11.4 Å². The first-order valence-electron chi connectivity index (χ1n) is 11.5. The Kier molecular flexibility index (Phi) is 8.63. The molecular weight excluding hydrogens is 453 g/mol. The lowest BCUT2D eigenvalue weighted by atomic mass is 10.1. The number of hydrogen-bond donors (Lipinski definition) is 2. The quantitative estimate of drug-likeness (QED) is 0.633. The average Bonchev–Trinajstić information content (AvgIpc) is 2.77. The molecule has 0 radical (unpaired) electrons. The maximum atomic E-state index is 14.4. The highest BCUT2D eigenvalue weighted by Gasteiger charge is 2.33. The third-order valence-corrected chi connectivity index (χ3v) is 5.41. The van der Waals surface area contributed by atoms with Crippen LogP contribution < -0.4 is 10.6 Å². The summed E-state index contributed by atoms with van der Waals surface area (Å²) < 4.78 is 25.3. The van der Waals surface area contributed by atoms with Crippen molar-refractivity contribution in [3.8, 4) is 0 Å². The molecule has 9 nitrogen and oxygen atoms in total. The maximum Gasteiger partial charge on any atom is 0.410 e. The molecule has 190 valence electrons. The Hall–Kier alpha value is -3.24. The lowest BCUT2D eigenvalue weighted by Crippen LogP contribution is -2.57. The number of methoxy groups -OCH3 is 1. The van der Waals surface area contributed by atoms with E-state index in [2.05, 4.69) is 20.5 Å². The van der Waals surface area contributed by atoms with Crippen LogP contribution in [0.4, 0.5) is 25.4 Å². The highest BCUT2D eigenvalue weighted by molar-refractivity contribution is 5.99. The fraction of sp³-hybridized carbons (Fsp3) is 0.480. The smallest absolute Gasteiger partial charge is 0.410 e. The van der Waals surface area contributed by atoms with Crippen molar-refractivity contribution < 1.29 is 23.5 Å². The highest BCUT2D eigenvalue weighted by atomic mass is 19.1. The van der Waals surface area contributed by atoms with Gasteiger partial charge in [0, 0.05) is 39.0 Å². The molecule has 0 unspecified atom stereocenters. The van der Waals surface area contributed by atoms with Gasteiger partial charge in [0.2, 0.25) is 0 Å². The normalized spacial score (nSPS) is 16.6. The van der Waals surface area contributed by atoms with Gasteiger partial charge in [0.25, 0.3) is 0 Å². The number of amides is 3. The molecule has 0 saturated carbocycles. The van der Waals surface area contributed by atoms with Crippen LogP contribution in [0.2, 0.25) is 0 Å². The molecule has 1 aromatic carbocycles. The first-order chi connectivity index (χ1) is 16.5. The van der Waals surface area contributed by atoms with Crippen molar-refractivity contribution in [2.24, 2.45) is 0 Å². The molecule has 35 heavy (non-hydrogen) atoms. The number of aromatic nitrogens is 1. The number of benzene rings is 1. The van der Waals surface area contributed by atoms with Crippen molar-refractivity contribution >= 4 is 23.5 Å². The summed E-state index contributed by atoms with van der Waals surface area (Å²) in [4.78, 5) is 33.0. The summed E-state index contributed by atoms with van der Waals surface area (Å²) in [6, 6.07) is 7.41. The summed E-state index contributed by atoms with van der Waals surface area (Å²) in [5.74, 6) is -0.530. The summed E-state index contributed by atoms with van der Waals surface area (Å²) in [7, 11) is 1.60. The lowest BCUT2D eigenvalue weighted by Gasteiger charge is -2.41. The van der Waals surface area contributed by atoms with E-state index in [9.17, 15) is 14.0 Å². The molecule has 2 aromatic rings. The van der Waals surface area contributed by atoms with Crippen molar-refractivity contribution in [3.05, 3.63) is 53.6 Å². The third kappa shape index (κ3) is 7.90. The minimum absolute atomic E-state index is 0.0842. The van der Waals surface area contributed by atoms with Gasteiger partial charge in [-0.05, 0) is 57.5 Å². The average molecular weight is 488 g/mol. The van der Waals surface area contributed by atoms with Gasteiger partial charge in [-0.1, -0.05) is 6.07 Å². The SMILES string of the molecule is COC[C@@H]1CN(Cc2ccc(F)c(NC(=O)Nc3ccc(C)nc3)c2)CCN1C(=O)OC(C)(C)C. The molecular formula is C25H34FN5O4. The van der Waals surface area contributed by atoms with Crippen LogP contribution in [-0.2, 0) is 16.0 Å². The van der Waals surface area contributed by atoms with E-state index in [1.807, 2.05) is 27.7 Å². The minimum atomic E-state index is -0.578. The standard InChI is InChI=1S/C25H34FN5O4/c1-17-6-8-19(13-27-17)28-23(32)29-22-12-18(7-9-21(22)26)14-30-10-11-31(20(15-30)16-34-5)24(33)35-25(2,3)4/h6-9,12-13,20H,10-11,14-16H2,1-5H3,(H2,28,29,32)/t20-/m0/s1. The predicted molar refractivity (Wildman–Crippen MR) is 132 cm³/mol. The van der Waals surface area contributed by atoms with Crippen molar-refractivity contribution in [1.82, 2.24) is 14.8 Å². The molecule has 3 amide bonds. The number of urea groups is 1. The fourth-order valence-electron chi connectivity index (χ4n) is 3.81. The number of carbonyl (C=O) groups excluding carboxylic acids is 2. The topological polar surface area (TPSA) is 96.0 Å². The largest absolute Gasteiger partial charge is 0.444 e. The lowest BCUT2D eigenvalue weighted by molar-refractivity contribution is -0.0173. The second-order valence-corrected chi connectivity index (χ2v) is 9.60. The zero-order valence-electron chi connectivity index (χ0n) is 20.9. The monoisotopic (exact) mass is 487 g/mol. The summed E-state index contributed by atoms with van der Waals surface area (Å²) in [6.07, 6.45) is 1.18. The van der Waals surface area contributed by atoms with Crippen LogP contribution in [0.15, 0.2) is 36.5 Å². The number of anilines is 2. The summed E-state index contributed by atoms with van der Waals surface area (Å²) in [5, 5.41) is 5.21. The van der Waals surface area contributed by atoms with E-state index >= 15 is 0 Å². The number of nitrogens with one attached hydrogen (secondary N) is 2. The number of aryl methyl sites for hydroxylation is 1. The van der Waals surface area contributed by atoms with Crippen molar-refractivity contribution in [2.45, 2.75) is 45.9 Å². The number of pyridine rings is 1. The second kappa shape index (κ2) is 11.5. The van der Waals surface area contributed by atoms with E-state index in [0.29, 0.717) is 38.5 Å². The number of halogens is 1. The Labute approximate surface area is 205 Å². The van der Waals surface area contributed by atoms with Crippen molar-refractivity contribution in [3.63, 3.8) is 0 Å². The van der Waals surface area contributed by atoms with Gasteiger partial charge < -0.3 is 25.0 Å². The molecule has 0 bridgehead atoms. The molecule has 1 aromatic heterocycles. The number of rotatable bonds is 6. The summed E-state index contributed by atoms with van der Waals surface area (Å²) >= 11 is 0. The summed E-state index contributed by atoms with van der Waals surface area (Å²) in [6.45, 7) is 9.96. The Morgan fingerprint density at radius 1 is 1.17 bits per heavy atom. The van der Waals surface area contributed by atoms with Crippen LogP contribution in [0.3, 0.4) is 0 Å². The van der Waals surface area contributed by atoms with Gasteiger partial charge in [-0.3, -0.25) is 9.88 Å². The van der Waals surface area contributed by atoms with E-state index in [4.69, 9.17) is 9.47 Å². The number of hydrogen-bond acceptors (Lipinski definition) is 6. The van der Waals surface area contributed by atoms with Gasteiger partial charge in [0.15, 0.2) is 0 Å². The Morgan fingerprint density at radius 2 is 1.94 bits per heavy atom. The van der Waals surface area contributed by atoms with Crippen LogP contribution in [0.25, 0.3) is 0 Å². The van der Waals surface area contributed by atoms with Gasteiger partial charge in [-0.15, -0.1) is 0 Å². The van der Waals surface area contributed by atoms with Crippen molar-refractivity contribution in [2.75, 3.05) is 44.0 Å². The maximum absolute atomic E-state index is 14.4. The third-order valence-electron chi connectivity index (χ3n) is 5.41. The molecule has 1 aliphatic heterocycles. The van der Waals surface area contributed by atoms with Crippen LogP contribution in [-0.4, -0.2) is 71.9 Å². The first-order valence-corrected chi connectivity index (χ1v) is 11.5. The fourth-order valence-corrected chi connectivity index (χ4v) is 3.81. The van der Waals surface area contributed by atoms with E-state index in [1.54, 1.807) is 36.3 Å². The van der Waals surface area contributed by atoms with E-state index in [1.165, 1.54) is 12.3 Å². The van der Waals surface area contributed by atoms with Gasteiger partial charge >= 0.3 is 12.1 Å². The Bertz CT molecular complexity index is 1030. The number of ether oxygens (including phenoxy) is 2. The zero-order chi connectivity index (χ0) is 25.6. The van der Waals surface area contributed by atoms with Crippen LogP contribution in [0, 0.1) is 12.7 Å². The van der Waals surface area contributed by atoms with Crippen LogP contribution in [0.1, 0.15) is 32.0 Å². The van der Waals surface area contributed by atoms with Crippen LogP contribution in [0.5, 0.6) is 0 Å². The molecule has 10 heteroatoms.